The molecule has 0 spiro atoms. The molecule has 12 heavy (non-hydrogen) atoms. The van der Waals surface area contributed by atoms with Gasteiger partial charge >= 0.3 is 0 Å². The van der Waals surface area contributed by atoms with Crippen LogP contribution < -0.4 is 5.32 Å². The van der Waals surface area contributed by atoms with Crippen molar-refractivity contribution in [2.75, 3.05) is 6.54 Å². The Hall–Kier alpha value is -0.0400. The zero-order valence-corrected chi connectivity index (χ0v) is 8.30. The summed E-state index contributed by atoms with van der Waals surface area (Å²) in [5.41, 5.74) is 0.755. The minimum absolute atomic E-state index is 0.755. The molecule has 6 unspecified atom stereocenters. The predicted molar refractivity (Wildman–Crippen MR) is 49.8 cm³/mol. The van der Waals surface area contributed by atoms with Gasteiger partial charge in [-0.25, -0.2) is 0 Å². The van der Waals surface area contributed by atoms with Crippen molar-refractivity contribution in [1.82, 2.24) is 5.32 Å². The van der Waals surface area contributed by atoms with E-state index in [0.29, 0.717) is 0 Å². The van der Waals surface area contributed by atoms with Crippen molar-refractivity contribution in [2.45, 2.75) is 33.2 Å². The summed E-state index contributed by atoms with van der Waals surface area (Å²) in [5.74, 6) is 4.38. The van der Waals surface area contributed by atoms with Gasteiger partial charge in [-0.15, -0.1) is 0 Å². The smallest absolute Gasteiger partial charge is 0.0164 e. The summed E-state index contributed by atoms with van der Waals surface area (Å²) < 4.78 is 0. The van der Waals surface area contributed by atoms with Gasteiger partial charge in [0.25, 0.3) is 0 Å². The molecule has 0 aromatic rings. The molecule has 0 amide bonds. The Kier molecular flexibility index (Phi) is 1.16. The molecule has 1 nitrogen and oxygen atoms in total. The van der Waals surface area contributed by atoms with E-state index in [-0.39, 0.29) is 0 Å². The molecule has 3 saturated carbocycles. The van der Waals surface area contributed by atoms with Crippen molar-refractivity contribution >= 4 is 0 Å². The maximum absolute atomic E-state index is 3.59. The van der Waals surface area contributed by atoms with E-state index in [4.69, 9.17) is 0 Å². The van der Waals surface area contributed by atoms with E-state index in [9.17, 15) is 0 Å². The fourth-order valence-electron chi connectivity index (χ4n) is 3.61. The third-order valence-electron chi connectivity index (χ3n) is 4.69. The lowest BCUT2D eigenvalue weighted by atomic mass is 9.97. The van der Waals surface area contributed by atoms with Crippen LogP contribution in [0.15, 0.2) is 0 Å². The van der Waals surface area contributed by atoms with E-state index in [1.807, 2.05) is 0 Å². The molecule has 3 aliphatic carbocycles. The summed E-state index contributed by atoms with van der Waals surface area (Å²) in [4.78, 5) is 0. The van der Waals surface area contributed by atoms with Gasteiger partial charge in [-0.05, 0) is 42.1 Å². The Balaban J connectivity index is 1.58. The first-order valence-electron chi connectivity index (χ1n) is 5.44. The minimum Gasteiger partial charge on any atom is -0.313 e. The highest BCUT2D eigenvalue weighted by molar-refractivity contribution is 5.36. The maximum atomic E-state index is 3.59. The number of hydrogen-bond acceptors (Lipinski definition) is 1. The van der Waals surface area contributed by atoms with Crippen LogP contribution in [0.5, 0.6) is 0 Å². The van der Waals surface area contributed by atoms with Crippen LogP contribution in [-0.2, 0) is 0 Å². The Morgan fingerprint density at radius 1 is 1.42 bits per heavy atom. The Bertz CT molecular complexity index is 225. The van der Waals surface area contributed by atoms with E-state index in [1.165, 1.54) is 6.42 Å². The van der Waals surface area contributed by atoms with Crippen molar-refractivity contribution in [3.05, 3.63) is 0 Å². The van der Waals surface area contributed by atoms with Gasteiger partial charge in [0.2, 0.25) is 0 Å². The highest BCUT2D eigenvalue weighted by Gasteiger charge is 2.85. The van der Waals surface area contributed by atoms with Gasteiger partial charge in [0.1, 0.15) is 0 Å². The number of hydrogen-bond donors (Lipinski definition) is 1. The summed E-state index contributed by atoms with van der Waals surface area (Å²) in [5, 5.41) is 3.59. The summed E-state index contributed by atoms with van der Waals surface area (Å²) in [6.07, 6.45) is 1.52. The van der Waals surface area contributed by atoms with Crippen LogP contribution >= 0.6 is 0 Å². The molecule has 3 aliphatic rings. The molecule has 68 valence electrons. The lowest BCUT2D eigenvalue weighted by molar-refractivity contribution is 0.367. The first kappa shape index (κ1) is 7.37. The molecule has 0 bridgehead atoms. The standard InChI is InChI=1S/C11H19N/c1-4-12-10-9-8(11(9,10)3)7-5-6(7)2/h6-10,12H,4-5H2,1-3H3. The second-order valence-corrected chi connectivity index (χ2v) is 5.33. The second kappa shape index (κ2) is 1.89. The number of fused-ring (bicyclic) bond motifs is 1. The van der Waals surface area contributed by atoms with E-state index < -0.39 is 0 Å². The molecule has 0 aromatic carbocycles. The van der Waals surface area contributed by atoms with E-state index in [2.05, 4.69) is 26.1 Å². The van der Waals surface area contributed by atoms with Crippen LogP contribution in [0.4, 0.5) is 0 Å². The van der Waals surface area contributed by atoms with Crippen molar-refractivity contribution in [3.8, 4) is 0 Å². The molecule has 6 atom stereocenters. The molecule has 0 saturated heterocycles. The lowest BCUT2D eigenvalue weighted by Crippen LogP contribution is -2.29. The summed E-state index contributed by atoms with van der Waals surface area (Å²) in [7, 11) is 0. The second-order valence-electron chi connectivity index (χ2n) is 5.33. The monoisotopic (exact) mass is 165 g/mol. The quantitative estimate of drug-likeness (QED) is 0.673. The first-order chi connectivity index (χ1) is 5.71. The maximum Gasteiger partial charge on any atom is 0.0164 e. The fraction of sp³-hybridized carbons (Fsp3) is 1.00. The molecule has 0 aliphatic heterocycles. The Morgan fingerprint density at radius 3 is 2.42 bits per heavy atom. The summed E-state index contributed by atoms with van der Waals surface area (Å²) in [6, 6.07) is 0.903. The van der Waals surface area contributed by atoms with Gasteiger partial charge in [0, 0.05) is 6.04 Å². The van der Waals surface area contributed by atoms with Crippen LogP contribution in [0.2, 0.25) is 0 Å². The SMILES string of the molecule is CCNC1C2C(C3CC3C)C12C. The predicted octanol–water partition coefficient (Wildman–Crippen LogP) is 1.89. The van der Waals surface area contributed by atoms with Crippen LogP contribution in [-0.4, -0.2) is 12.6 Å². The fourth-order valence-corrected chi connectivity index (χ4v) is 3.61. The number of nitrogens with one attached hydrogen (secondary N) is 1. The highest BCUT2D eigenvalue weighted by Crippen LogP contribution is 2.84. The van der Waals surface area contributed by atoms with Crippen molar-refractivity contribution < 1.29 is 0 Å². The third kappa shape index (κ3) is 0.654. The summed E-state index contributed by atoms with van der Waals surface area (Å²) >= 11 is 0. The van der Waals surface area contributed by atoms with Gasteiger partial charge in [-0.3, -0.25) is 0 Å². The normalized spacial score (nSPS) is 65.8. The molecular weight excluding hydrogens is 146 g/mol. The molecule has 1 heteroatoms. The minimum atomic E-state index is 0.755. The largest absolute Gasteiger partial charge is 0.313 e. The van der Waals surface area contributed by atoms with E-state index in [0.717, 1.165) is 41.7 Å². The van der Waals surface area contributed by atoms with E-state index >= 15 is 0 Å². The van der Waals surface area contributed by atoms with E-state index in [1.54, 1.807) is 0 Å². The van der Waals surface area contributed by atoms with Crippen molar-refractivity contribution in [2.24, 2.45) is 29.1 Å². The van der Waals surface area contributed by atoms with Gasteiger partial charge in [0.05, 0.1) is 0 Å². The molecule has 1 N–H and O–H groups in total. The molecule has 3 fully saturated rings. The van der Waals surface area contributed by atoms with Gasteiger partial charge in [0.15, 0.2) is 0 Å². The first-order valence-corrected chi connectivity index (χ1v) is 5.44. The van der Waals surface area contributed by atoms with Gasteiger partial charge < -0.3 is 5.32 Å². The molecule has 0 heterocycles. The molecule has 0 aromatic heterocycles. The zero-order valence-electron chi connectivity index (χ0n) is 8.30. The van der Waals surface area contributed by atoms with Crippen molar-refractivity contribution in [1.29, 1.82) is 0 Å². The van der Waals surface area contributed by atoms with Crippen LogP contribution in [0.3, 0.4) is 0 Å². The average molecular weight is 165 g/mol. The molecular formula is C11H19N. The highest BCUT2D eigenvalue weighted by atomic mass is 15.1. The summed E-state index contributed by atoms with van der Waals surface area (Å²) in [6.45, 7) is 8.27. The van der Waals surface area contributed by atoms with Crippen LogP contribution in [0.25, 0.3) is 0 Å². The topological polar surface area (TPSA) is 12.0 Å². The van der Waals surface area contributed by atoms with Gasteiger partial charge in [-0.2, -0.15) is 0 Å². The Labute approximate surface area is 74.9 Å². The lowest BCUT2D eigenvalue weighted by Gasteiger charge is -2.16. The van der Waals surface area contributed by atoms with Gasteiger partial charge in [-0.1, -0.05) is 20.8 Å². The molecule has 3 rings (SSSR count). The van der Waals surface area contributed by atoms with Crippen molar-refractivity contribution in [3.63, 3.8) is 0 Å². The molecule has 0 radical (unpaired) electrons. The zero-order chi connectivity index (χ0) is 8.51. The van der Waals surface area contributed by atoms with Crippen LogP contribution in [0.1, 0.15) is 27.2 Å². The average Bonchev–Trinajstić information content (AvgIpc) is 2.90. The van der Waals surface area contributed by atoms with Crippen LogP contribution in [0, 0.1) is 29.1 Å². The Morgan fingerprint density at radius 2 is 2.00 bits per heavy atom. The third-order valence-corrected chi connectivity index (χ3v) is 4.69. The number of rotatable bonds is 3.